The Bertz CT molecular complexity index is 601. The molecule has 0 spiro atoms. The van der Waals surface area contributed by atoms with Gasteiger partial charge < -0.3 is 9.30 Å². The maximum Gasteiger partial charge on any atom is 0.102 e. The van der Waals surface area contributed by atoms with E-state index in [4.69, 9.17) is 27.9 Å². The van der Waals surface area contributed by atoms with Crippen molar-refractivity contribution in [3.8, 4) is 0 Å². The molecule has 0 saturated heterocycles. The fraction of sp³-hybridized carbons (Fsp3) is 0.526. The summed E-state index contributed by atoms with van der Waals surface area (Å²) < 4.78 is 8.31. The molecule has 2 unspecified atom stereocenters. The number of ether oxygens (including phenoxy) is 1. The van der Waals surface area contributed by atoms with Gasteiger partial charge in [0.25, 0.3) is 0 Å². The van der Waals surface area contributed by atoms with E-state index in [2.05, 4.69) is 18.8 Å². The van der Waals surface area contributed by atoms with Gasteiger partial charge in [0, 0.05) is 28.0 Å². The quantitative estimate of drug-likeness (QED) is 0.501. The molecule has 1 heterocycles. The summed E-state index contributed by atoms with van der Waals surface area (Å²) in [6.07, 6.45) is 10.2. The molecule has 132 valence electrons. The van der Waals surface area contributed by atoms with E-state index in [-0.39, 0.29) is 6.10 Å². The minimum absolute atomic E-state index is 0.111. The van der Waals surface area contributed by atoms with Crippen LogP contribution < -0.4 is 0 Å². The smallest absolute Gasteiger partial charge is 0.102 e. The number of hydrogen-bond donors (Lipinski definition) is 0. The minimum Gasteiger partial charge on any atom is -0.371 e. The van der Waals surface area contributed by atoms with Crippen LogP contribution in [0.15, 0.2) is 36.9 Å². The molecule has 1 aromatic heterocycles. The van der Waals surface area contributed by atoms with E-state index in [0.29, 0.717) is 22.5 Å². The van der Waals surface area contributed by atoms with Gasteiger partial charge >= 0.3 is 0 Å². The summed E-state index contributed by atoms with van der Waals surface area (Å²) in [5.41, 5.74) is 0.972. The van der Waals surface area contributed by atoms with Gasteiger partial charge in [-0.05, 0) is 24.5 Å². The number of aromatic nitrogens is 2. The average Bonchev–Trinajstić information content (AvgIpc) is 3.07. The van der Waals surface area contributed by atoms with Crippen LogP contribution in [0.4, 0.5) is 0 Å². The van der Waals surface area contributed by atoms with Gasteiger partial charge in [-0.3, -0.25) is 0 Å². The van der Waals surface area contributed by atoms with Gasteiger partial charge in [-0.1, -0.05) is 62.4 Å². The van der Waals surface area contributed by atoms with E-state index in [0.717, 1.165) is 18.6 Å². The number of nitrogens with zero attached hydrogens (tertiary/aromatic N) is 2. The van der Waals surface area contributed by atoms with Crippen molar-refractivity contribution in [1.82, 2.24) is 9.55 Å². The van der Waals surface area contributed by atoms with Crippen molar-refractivity contribution in [3.63, 3.8) is 0 Å². The highest BCUT2D eigenvalue weighted by molar-refractivity contribution is 6.35. The lowest BCUT2D eigenvalue weighted by molar-refractivity contribution is 0.0146. The average molecular weight is 369 g/mol. The fourth-order valence-corrected chi connectivity index (χ4v) is 3.27. The first-order valence-electron chi connectivity index (χ1n) is 8.66. The predicted octanol–water partition coefficient (Wildman–Crippen LogP) is 6.16. The van der Waals surface area contributed by atoms with Crippen LogP contribution in [0, 0.1) is 5.92 Å². The molecule has 24 heavy (non-hydrogen) atoms. The van der Waals surface area contributed by atoms with E-state index >= 15 is 0 Å². The lowest BCUT2D eigenvalue weighted by atomic mass is 10.0. The molecule has 0 saturated carbocycles. The van der Waals surface area contributed by atoms with Gasteiger partial charge in [-0.15, -0.1) is 0 Å². The second-order valence-electron chi connectivity index (χ2n) is 6.16. The van der Waals surface area contributed by atoms with E-state index < -0.39 is 0 Å². The normalized spacial score (nSPS) is 13.8. The van der Waals surface area contributed by atoms with E-state index in [1.54, 1.807) is 18.6 Å². The zero-order valence-electron chi connectivity index (χ0n) is 14.4. The van der Waals surface area contributed by atoms with Gasteiger partial charge in [0.05, 0.1) is 19.5 Å². The van der Waals surface area contributed by atoms with E-state index in [9.17, 15) is 0 Å². The van der Waals surface area contributed by atoms with Crippen LogP contribution in [0.5, 0.6) is 0 Å². The molecule has 2 atom stereocenters. The highest BCUT2D eigenvalue weighted by atomic mass is 35.5. The molecule has 0 aliphatic rings. The molecule has 0 radical (unpaired) electrons. The fourth-order valence-electron chi connectivity index (χ4n) is 2.74. The van der Waals surface area contributed by atoms with E-state index in [1.807, 2.05) is 22.9 Å². The second kappa shape index (κ2) is 10.1. The van der Waals surface area contributed by atoms with Crippen molar-refractivity contribution in [2.24, 2.45) is 5.92 Å². The first-order chi connectivity index (χ1) is 11.6. The van der Waals surface area contributed by atoms with E-state index in [1.165, 1.54) is 19.3 Å². The third kappa shape index (κ3) is 5.80. The predicted molar refractivity (Wildman–Crippen MR) is 101 cm³/mol. The van der Waals surface area contributed by atoms with Gasteiger partial charge in [0.15, 0.2) is 0 Å². The standard InChI is InChI=1S/C19H26Cl2N2O/c1-3-5-6-15(4-2)13-24-19(12-23-10-9-22-14-23)17-8-7-16(20)11-18(17)21/h7-11,14-15,19H,3-6,12-13H2,1-2H3. The first kappa shape index (κ1) is 19.3. The molecule has 0 N–H and O–H groups in total. The van der Waals surface area contributed by atoms with Crippen LogP contribution in [0.3, 0.4) is 0 Å². The van der Waals surface area contributed by atoms with Crippen molar-refractivity contribution in [2.75, 3.05) is 6.61 Å². The monoisotopic (exact) mass is 368 g/mol. The lowest BCUT2D eigenvalue weighted by Crippen LogP contribution is -2.17. The molecule has 5 heteroatoms. The van der Waals surface area contributed by atoms with Crippen molar-refractivity contribution in [2.45, 2.75) is 52.2 Å². The van der Waals surface area contributed by atoms with Crippen LogP contribution in [-0.4, -0.2) is 16.2 Å². The molecule has 0 aliphatic heterocycles. The molecule has 2 rings (SSSR count). The van der Waals surface area contributed by atoms with Crippen LogP contribution in [0.2, 0.25) is 10.0 Å². The second-order valence-corrected chi connectivity index (χ2v) is 7.01. The molecule has 1 aromatic carbocycles. The number of hydrogen-bond acceptors (Lipinski definition) is 2. The Kier molecular flexibility index (Phi) is 8.10. The summed E-state index contributed by atoms with van der Waals surface area (Å²) in [6, 6.07) is 5.60. The molecule has 0 aliphatic carbocycles. The highest BCUT2D eigenvalue weighted by Gasteiger charge is 2.18. The summed E-state index contributed by atoms with van der Waals surface area (Å²) in [5.74, 6) is 0.585. The number of halogens is 2. The van der Waals surface area contributed by atoms with Gasteiger partial charge in [-0.25, -0.2) is 4.98 Å². The van der Waals surface area contributed by atoms with Crippen LogP contribution in [-0.2, 0) is 11.3 Å². The highest BCUT2D eigenvalue weighted by Crippen LogP contribution is 2.30. The summed E-state index contributed by atoms with van der Waals surface area (Å²) in [7, 11) is 0. The van der Waals surface area contributed by atoms with Crippen molar-refractivity contribution in [1.29, 1.82) is 0 Å². The van der Waals surface area contributed by atoms with Gasteiger partial charge in [-0.2, -0.15) is 0 Å². The summed E-state index contributed by atoms with van der Waals surface area (Å²) in [4.78, 5) is 4.11. The summed E-state index contributed by atoms with van der Waals surface area (Å²) >= 11 is 12.4. The Balaban J connectivity index is 2.10. The van der Waals surface area contributed by atoms with Crippen molar-refractivity contribution >= 4 is 23.2 Å². The van der Waals surface area contributed by atoms with Crippen molar-refractivity contribution in [3.05, 3.63) is 52.5 Å². The molecular formula is C19H26Cl2N2O. The van der Waals surface area contributed by atoms with Crippen LogP contribution >= 0.6 is 23.2 Å². The van der Waals surface area contributed by atoms with Crippen LogP contribution in [0.1, 0.15) is 51.2 Å². The zero-order valence-corrected chi connectivity index (χ0v) is 15.9. The topological polar surface area (TPSA) is 27.1 Å². The van der Waals surface area contributed by atoms with Crippen molar-refractivity contribution < 1.29 is 4.74 Å². The Morgan fingerprint density at radius 1 is 1.25 bits per heavy atom. The molecule has 2 aromatic rings. The number of benzene rings is 1. The Hall–Kier alpha value is -1.03. The lowest BCUT2D eigenvalue weighted by Gasteiger charge is -2.23. The van der Waals surface area contributed by atoms with Crippen LogP contribution in [0.25, 0.3) is 0 Å². The Morgan fingerprint density at radius 3 is 2.71 bits per heavy atom. The SMILES string of the molecule is CCCCC(CC)COC(Cn1ccnc1)c1ccc(Cl)cc1Cl. The first-order valence-corrected chi connectivity index (χ1v) is 9.41. The molecule has 3 nitrogen and oxygen atoms in total. The van der Waals surface area contributed by atoms with Gasteiger partial charge in [0.2, 0.25) is 0 Å². The molecule has 0 fully saturated rings. The number of imidazole rings is 1. The zero-order chi connectivity index (χ0) is 17.4. The summed E-state index contributed by atoms with van der Waals surface area (Å²) in [5, 5.41) is 1.29. The Morgan fingerprint density at radius 2 is 2.08 bits per heavy atom. The Labute approximate surface area is 154 Å². The number of unbranched alkanes of at least 4 members (excludes halogenated alkanes) is 1. The van der Waals surface area contributed by atoms with Gasteiger partial charge in [0.1, 0.15) is 6.10 Å². The third-order valence-corrected chi connectivity index (χ3v) is 4.88. The minimum atomic E-state index is -0.111. The third-order valence-electron chi connectivity index (χ3n) is 4.32. The molecule has 0 bridgehead atoms. The molecule has 0 amide bonds. The maximum absolute atomic E-state index is 6.41. The molecular weight excluding hydrogens is 343 g/mol. The number of rotatable bonds is 10. The maximum atomic E-state index is 6.41. The summed E-state index contributed by atoms with van der Waals surface area (Å²) in [6.45, 7) is 5.88. The largest absolute Gasteiger partial charge is 0.371 e.